The Bertz CT molecular complexity index is 867. The van der Waals surface area contributed by atoms with Gasteiger partial charge in [0.15, 0.2) is 0 Å². The first-order valence-electron chi connectivity index (χ1n) is 7.93. The first kappa shape index (κ1) is 17.1. The van der Waals surface area contributed by atoms with E-state index in [1.807, 2.05) is 56.3 Å². The Morgan fingerprint density at radius 3 is 1.92 bits per heavy atom. The molecule has 0 radical (unpaired) electrons. The highest BCUT2D eigenvalue weighted by Gasteiger charge is 2.07. The molecule has 0 saturated heterocycles. The fourth-order valence-electron chi connectivity index (χ4n) is 2.55. The van der Waals surface area contributed by atoms with E-state index in [1.165, 1.54) is 0 Å². The Labute approximate surface area is 152 Å². The Kier molecular flexibility index (Phi) is 5.05. The lowest BCUT2D eigenvalue weighted by Crippen LogP contribution is -2.12. The third kappa shape index (κ3) is 4.61. The second kappa shape index (κ2) is 7.41. The number of hydrogen-bond acceptors (Lipinski definition) is 2. The number of benzene rings is 3. The van der Waals surface area contributed by atoms with E-state index in [-0.39, 0.29) is 5.91 Å². The third-order valence-corrected chi connectivity index (χ3v) is 3.90. The number of aryl methyl sites for hydroxylation is 2. The van der Waals surface area contributed by atoms with E-state index >= 15 is 0 Å². The van der Waals surface area contributed by atoms with E-state index in [9.17, 15) is 4.79 Å². The van der Waals surface area contributed by atoms with Crippen molar-refractivity contribution in [2.45, 2.75) is 13.8 Å². The van der Waals surface area contributed by atoms with E-state index < -0.39 is 0 Å². The molecule has 0 atom stereocenters. The summed E-state index contributed by atoms with van der Waals surface area (Å²) in [5.41, 5.74) is 3.50. The Balaban J connectivity index is 1.67. The summed E-state index contributed by atoms with van der Waals surface area (Å²) in [6.45, 7) is 3.96. The second-order valence-electron chi connectivity index (χ2n) is 5.91. The van der Waals surface area contributed by atoms with Gasteiger partial charge in [-0.3, -0.25) is 4.79 Å². The van der Waals surface area contributed by atoms with Gasteiger partial charge >= 0.3 is 0 Å². The number of anilines is 1. The molecule has 25 heavy (non-hydrogen) atoms. The monoisotopic (exact) mass is 351 g/mol. The van der Waals surface area contributed by atoms with Crippen molar-refractivity contribution < 1.29 is 9.53 Å². The van der Waals surface area contributed by atoms with Crippen LogP contribution in [0.1, 0.15) is 21.5 Å². The normalized spacial score (nSPS) is 10.4. The lowest BCUT2D eigenvalue weighted by molar-refractivity contribution is 0.102. The Morgan fingerprint density at radius 2 is 1.36 bits per heavy atom. The van der Waals surface area contributed by atoms with E-state index in [4.69, 9.17) is 16.3 Å². The smallest absolute Gasteiger partial charge is 0.255 e. The third-order valence-electron chi connectivity index (χ3n) is 3.65. The number of halogens is 1. The molecule has 0 aliphatic heterocycles. The average molecular weight is 352 g/mol. The molecule has 0 bridgehead atoms. The van der Waals surface area contributed by atoms with Crippen LogP contribution in [-0.2, 0) is 0 Å². The average Bonchev–Trinajstić information content (AvgIpc) is 2.58. The highest BCUT2D eigenvalue weighted by atomic mass is 35.5. The first-order valence-corrected chi connectivity index (χ1v) is 8.30. The van der Waals surface area contributed by atoms with Crippen LogP contribution in [0.3, 0.4) is 0 Å². The van der Waals surface area contributed by atoms with Gasteiger partial charge in [0.2, 0.25) is 0 Å². The van der Waals surface area contributed by atoms with Crippen molar-refractivity contribution in [2.75, 3.05) is 5.32 Å². The number of carbonyl (C=O) groups is 1. The van der Waals surface area contributed by atoms with Crippen molar-refractivity contribution in [1.82, 2.24) is 0 Å². The van der Waals surface area contributed by atoms with E-state index in [2.05, 4.69) is 5.32 Å². The minimum atomic E-state index is -0.127. The van der Waals surface area contributed by atoms with Crippen LogP contribution >= 0.6 is 11.6 Å². The predicted molar refractivity (Wildman–Crippen MR) is 102 cm³/mol. The molecule has 1 amide bonds. The van der Waals surface area contributed by atoms with Crippen molar-refractivity contribution in [3.8, 4) is 11.5 Å². The van der Waals surface area contributed by atoms with Crippen molar-refractivity contribution in [2.24, 2.45) is 0 Å². The van der Waals surface area contributed by atoms with E-state index in [0.717, 1.165) is 11.1 Å². The SMILES string of the molecule is Cc1cc(C)cc(C(=O)Nc2ccc(Oc3ccc(Cl)cc3)cc2)c1. The maximum absolute atomic E-state index is 12.4. The molecule has 0 fully saturated rings. The number of rotatable bonds is 4. The van der Waals surface area contributed by atoms with Gasteiger partial charge < -0.3 is 10.1 Å². The van der Waals surface area contributed by atoms with Gasteiger partial charge in [0.25, 0.3) is 5.91 Å². The molecule has 0 aromatic heterocycles. The summed E-state index contributed by atoms with van der Waals surface area (Å²) < 4.78 is 5.74. The van der Waals surface area contributed by atoms with Crippen LogP contribution in [-0.4, -0.2) is 5.91 Å². The zero-order chi connectivity index (χ0) is 17.8. The van der Waals surface area contributed by atoms with E-state index in [1.54, 1.807) is 24.3 Å². The molecule has 3 aromatic rings. The number of ether oxygens (including phenoxy) is 1. The van der Waals surface area contributed by atoms with Crippen molar-refractivity contribution >= 4 is 23.2 Å². The summed E-state index contributed by atoms with van der Waals surface area (Å²) in [5, 5.41) is 3.56. The second-order valence-corrected chi connectivity index (χ2v) is 6.35. The zero-order valence-corrected chi connectivity index (χ0v) is 14.8. The number of amides is 1. The van der Waals surface area contributed by atoms with E-state index in [0.29, 0.717) is 27.8 Å². The minimum absolute atomic E-state index is 0.127. The van der Waals surface area contributed by atoms with Gasteiger partial charge in [-0.1, -0.05) is 28.8 Å². The maximum atomic E-state index is 12.4. The summed E-state index contributed by atoms with van der Waals surface area (Å²) in [6, 6.07) is 20.2. The summed E-state index contributed by atoms with van der Waals surface area (Å²) in [6.07, 6.45) is 0. The highest BCUT2D eigenvalue weighted by Crippen LogP contribution is 2.24. The van der Waals surface area contributed by atoms with Crippen LogP contribution in [0.15, 0.2) is 66.7 Å². The molecule has 0 spiro atoms. The first-order chi connectivity index (χ1) is 12.0. The molecule has 0 saturated carbocycles. The Morgan fingerprint density at radius 1 is 0.840 bits per heavy atom. The quantitative estimate of drug-likeness (QED) is 0.625. The predicted octanol–water partition coefficient (Wildman–Crippen LogP) is 6.00. The van der Waals surface area contributed by atoms with Crippen LogP contribution < -0.4 is 10.1 Å². The molecule has 3 rings (SSSR count). The highest BCUT2D eigenvalue weighted by molar-refractivity contribution is 6.30. The Hall–Kier alpha value is -2.78. The van der Waals surface area contributed by atoms with Gasteiger partial charge in [-0.05, 0) is 74.5 Å². The molecule has 0 aliphatic carbocycles. The number of carbonyl (C=O) groups excluding carboxylic acids is 1. The van der Waals surface area contributed by atoms with Crippen LogP contribution in [0, 0.1) is 13.8 Å². The van der Waals surface area contributed by atoms with Gasteiger partial charge in [0.05, 0.1) is 0 Å². The molecule has 126 valence electrons. The van der Waals surface area contributed by atoms with Gasteiger partial charge in [-0.25, -0.2) is 0 Å². The van der Waals surface area contributed by atoms with Crippen LogP contribution in [0.4, 0.5) is 5.69 Å². The van der Waals surface area contributed by atoms with Crippen molar-refractivity contribution in [3.63, 3.8) is 0 Å². The fraction of sp³-hybridized carbons (Fsp3) is 0.0952. The molecule has 4 heteroatoms. The molecule has 0 heterocycles. The lowest BCUT2D eigenvalue weighted by Gasteiger charge is -2.09. The fourth-order valence-corrected chi connectivity index (χ4v) is 2.68. The maximum Gasteiger partial charge on any atom is 0.255 e. The van der Waals surface area contributed by atoms with Crippen molar-refractivity contribution in [1.29, 1.82) is 0 Å². The molecule has 0 aliphatic rings. The number of nitrogens with one attached hydrogen (secondary N) is 1. The van der Waals surface area contributed by atoms with Gasteiger partial charge in [0.1, 0.15) is 11.5 Å². The molecule has 3 aromatic carbocycles. The molecular formula is C21H18ClNO2. The van der Waals surface area contributed by atoms with Gasteiger partial charge in [0, 0.05) is 16.3 Å². The number of hydrogen-bond donors (Lipinski definition) is 1. The minimum Gasteiger partial charge on any atom is -0.457 e. The van der Waals surface area contributed by atoms with Crippen LogP contribution in [0.25, 0.3) is 0 Å². The topological polar surface area (TPSA) is 38.3 Å². The summed E-state index contributed by atoms with van der Waals surface area (Å²) in [4.78, 5) is 12.4. The van der Waals surface area contributed by atoms with Crippen molar-refractivity contribution in [3.05, 3.63) is 88.4 Å². The largest absolute Gasteiger partial charge is 0.457 e. The molecular weight excluding hydrogens is 334 g/mol. The zero-order valence-electron chi connectivity index (χ0n) is 14.0. The summed E-state index contributed by atoms with van der Waals surface area (Å²) in [7, 11) is 0. The molecule has 1 N–H and O–H groups in total. The molecule has 3 nitrogen and oxygen atoms in total. The molecule has 0 unspecified atom stereocenters. The standard InChI is InChI=1S/C21H18ClNO2/c1-14-11-15(2)13-16(12-14)21(24)23-18-5-9-20(10-6-18)25-19-7-3-17(22)4-8-19/h3-13H,1-2H3,(H,23,24). The summed E-state index contributed by atoms with van der Waals surface area (Å²) in [5.74, 6) is 1.27. The van der Waals surface area contributed by atoms with Gasteiger partial charge in [-0.2, -0.15) is 0 Å². The summed E-state index contributed by atoms with van der Waals surface area (Å²) >= 11 is 5.86. The lowest BCUT2D eigenvalue weighted by atomic mass is 10.1. The van der Waals surface area contributed by atoms with Crippen LogP contribution in [0.2, 0.25) is 5.02 Å². The van der Waals surface area contributed by atoms with Crippen LogP contribution in [0.5, 0.6) is 11.5 Å². The van der Waals surface area contributed by atoms with Gasteiger partial charge in [-0.15, -0.1) is 0 Å².